The first-order valence-corrected chi connectivity index (χ1v) is 2.64. The topological polar surface area (TPSA) is 18.5 Å². The Bertz CT molecular complexity index is 232. The van der Waals surface area contributed by atoms with Gasteiger partial charge in [0.2, 0.25) is 0 Å². The minimum absolute atomic E-state index is 0.210. The van der Waals surface area contributed by atoms with Crippen LogP contribution in [0.1, 0.15) is 0 Å². The second-order valence-electron chi connectivity index (χ2n) is 0.903. The van der Waals surface area contributed by atoms with Crippen molar-refractivity contribution in [3.63, 3.8) is 0 Å². The smallest absolute Gasteiger partial charge is 0.282 e. The number of thiocarbonyl (C=S) groups is 1. The molecule has 0 aromatic heterocycles. The average molecular weight is 179 g/mol. The van der Waals surface area contributed by atoms with Gasteiger partial charge in [-0.15, -0.1) is 4.39 Å². The maximum atomic E-state index is 11.0. The lowest BCUT2D eigenvalue weighted by molar-refractivity contribution is -0.103. The molecule has 0 fully saturated rings. The van der Waals surface area contributed by atoms with Crippen molar-refractivity contribution in [3.05, 3.63) is 0 Å². The summed E-state index contributed by atoms with van der Waals surface area (Å²) in [5.74, 6) is 5.94. The Morgan fingerprint density at radius 2 is 2.20 bits per heavy atom. The third kappa shape index (κ3) is 5.33. The van der Waals surface area contributed by atoms with Crippen molar-refractivity contribution in [2.24, 2.45) is 0 Å². The van der Waals surface area contributed by atoms with E-state index in [1.165, 1.54) is 0 Å². The molecule has 0 spiro atoms. The first kappa shape index (κ1) is 9.19. The molecule has 0 saturated carbocycles. The molecule has 2 nitrogen and oxygen atoms in total. The minimum Gasteiger partial charge on any atom is -0.298 e. The van der Waals surface area contributed by atoms with Crippen LogP contribution in [0, 0.1) is 23.9 Å². The van der Waals surface area contributed by atoms with Crippen molar-refractivity contribution in [1.82, 2.24) is 0 Å². The van der Waals surface area contributed by atoms with Gasteiger partial charge < -0.3 is 0 Å². The van der Waals surface area contributed by atoms with Gasteiger partial charge >= 0.3 is 0 Å². The minimum atomic E-state index is -0.210. The van der Waals surface area contributed by atoms with E-state index in [1.54, 1.807) is 5.92 Å². The molecule has 0 atom stereocenters. The molecule has 0 aromatic carbocycles. The van der Waals surface area contributed by atoms with Crippen LogP contribution in [0.2, 0.25) is 0 Å². The zero-order chi connectivity index (χ0) is 7.82. The lowest BCUT2D eigenvalue weighted by atomic mass is 10.6. The van der Waals surface area contributed by atoms with Gasteiger partial charge in [-0.2, -0.15) is 0 Å². The van der Waals surface area contributed by atoms with Gasteiger partial charge in [0.25, 0.3) is 5.05 Å². The molecule has 0 aliphatic heterocycles. The fraction of sp³-hybridized carbons (Fsp3) is 0. The van der Waals surface area contributed by atoms with Crippen LogP contribution in [-0.4, -0.2) is 5.05 Å². The average Bonchev–Trinajstić information content (AvgIpc) is 1.89. The highest BCUT2D eigenvalue weighted by Gasteiger charge is 1.87. The zero-order valence-electron chi connectivity index (χ0n) is 4.48. The van der Waals surface area contributed by atoms with Crippen LogP contribution in [0.4, 0.5) is 4.39 Å². The Balaban J connectivity index is 3.77. The quantitative estimate of drug-likeness (QED) is 0.261. The van der Waals surface area contributed by atoms with Crippen LogP contribution in [0.5, 0.6) is 0 Å². The summed E-state index contributed by atoms with van der Waals surface area (Å²) in [6, 6.07) is 0. The first-order valence-electron chi connectivity index (χ1n) is 1.92. The Kier molecular flexibility index (Phi) is 5.80. The second kappa shape index (κ2) is 6.31. The van der Waals surface area contributed by atoms with Crippen molar-refractivity contribution >= 4 is 29.1 Å². The van der Waals surface area contributed by atoms with Crippen LogP contribution in [-0.2, 0) is 9.33 Å². The lowest BCUT2D eigenvalue weighted by Crippen LogP contribution is -1.92. The third-order valence-electron chi connectivity index (χ3n) is 0.381. The highest BCUT2D eigenvalue weighted by molar-refractivity contribution is 7.80. The van der Waals surface area contributed by atoms with Crippen LogP contribution in [0.15, 0.2) is 0 Å². The van der Waals surface area contributed by atoms with Crippen molar-refractivity contribution in [1.29, 1.82) is 0 Å². The maximum Gasteiger partial charge on any atom is 0.282 e. The third-order valence-corrected chi connectivity index (χ3v) is 0.615. The van der Waals surface area contributed by atoms with Crippen LogP contribution in [0.3, 0.4) is 0 Å². The number of halogens is 2. The van der Waals surface area contributed by atoms with Crippen LogP contribution >= 0.6 is 24.1 Å². The largest absolute Gasteiger partial charge is 0.298 e. The summed E-state index contributed by atoms with van der Waals surface area (Å²) >= 11 is 8.99. The summed E-state index contributed by atoms with van der Waals surface area (Å²) in [5.41, 5.74) is 0. The lowest BCUT2D eigenvalue weighted by Gasteiger charge is -1.87. The summed E-state index contributed by atoms with van der Waals surface area (Å²) in [5, 5.41) is -0.210. The van der Waals surface area contributed by atoms with E-state index < -0.39 is 0 Å². The van der Waals surface area contributed by atoms with Gasteiger partial charge in [-0.3, -0.25) is 4.89 Å². The molecule has 5 heteroatoms. The molecule has 10 heavy (non-hydrogen) atoms. The molecule has 0 N–H and O–H groups in total. The van der Waals surface area contributed by atoms with Gasteiger partial charge in [0.15, 0.2) is 0 Å². The molecule has 0 aromatic rings. The number of rotatable bonds is 1. The van der Waals surface area contributed by atoms with E-state index in [4.69, 9.17) is 0 Å². The SMILES string of the molecule is FC#CC#CC(=S)OOCl. The van der Waals surface area contributed by atoms with E-state index in [0.29, 0.717) is 0 Å². The van der Waals surface area contributed by atoms with Crippen molar-refractivity contribution in [2.45, 2.75) is 0 Å². The molecule has 0 aliphatic carbocycles. The molecule has 0 radical (unpaired) electrons. The van der Waals surface area contributed by atoms with Crippen molar-refractivity contribution in [3.8, 4) is 23.9 Å². The van der Waals surface area contributed by atoms with Gasteiger partial charge in [0.1, 0.15) is 18.0 Å². The number of hydrogen-bond acceptors (Lipinski definition) is 3. The molecule has 0 heterocycles. The molecule has 0 rings (SSSR count). The summed E-state index contributed by atoms with van der Waals surface area (Å²) in [4.78, 5) is 4.02. The molecular weight excluding hydrogens is 179 g/mol. The van der Waals surface area contributed by atoms with E-state index in [9.17, 15) is 4.39 Å². The van der Waals surface area contributed by atoms with Gasteiger partial charge in [0, 0.05) is 11.8 Å². The molecule has 0 bridgehead atoms. The molecule has 0 saturated heterocycles. The predicted octanol–water partition coefficient (Wildman–Crippen LogP) is 1.35. The molecule has 52 valence electrons. The molecule has 0 aliphatic rings. The Labute approximate surface area is 67.4 Å². The normalized spacial score (nSPS) is 6.20. The van der Waals surface area contributed by atoms with Gasteiger partial charge in [0.05, 0.1) is 0 Å². The van der Waals surface area contributed by atoms with Gasteiger partial charge in [-0.1, -0.05) is 4.44 Å². The van der Waals surface area contributed by atoms with Crippen LogP contribution in [0.25, 0.3) is 0 Å². The van der Waals surface area contributed by atoms with Crippen molar-refractivity contribution in [2.75, 3.05) is 0 Å². The Hall–Kier alpha value is -0.810. The van der Waals surface area contributed by atoms with Gasteiger partial charge in [-0.05, 0) is 18.1 Å². The Morgan fingerprint density at radius 1 is 1.50 bits per heavy atom. The van der Waals surface area contributed by atoms with Crippen LogP contribution < -0.4 is 0 Å². The summed E-state index contributed by atoms with van der Waals surface area (Å²) in [6.45, 7) is 0. The number of hydrogen-bond donors (Lipinski definition) is 0. The monoisotopic (exact) mass is 178 g/mol. The second-order valence-corrected chi connectivity index (χ2v) is 1.40. The summed E-state index contributed by atoms with van der Waals surface area (Å²) in [6.07, 6.45) is 1.05. The predicted molar refractivity (Wildman–Crippen MR) is 37.3 cm³/mol. The highest BCUT2D eigenvalue weighted by atomic mass is 35.5. The maximum absolute atomic E-state index is 11.0. The first-order chi connectivity index (χ1) is 4.81. The van der Waals surface area contributed by atoms with E-state index in [2.05, 4.69) is 39.3 Å². The van der Waals surface area contributed by atoms with E-state index in [1.807, 2.05) is 5.92 Å². The highest BCUT2D eigenvalue weighted by Crippen LogP contribution is 1.84. The summed E-state index contributed by atoms with van der Waals surface area (Å²) in [7, 11) is 0. The van der Waals surface area contributed by atoms with E-state index in [0.717, 1.165) is 6.17 Å². The van der Waals surface area contributed by atoms with E-state index >= 15 is 0 Å². The zero-order valence-corrected chi connectivity index (χ0v) is 6.05. The van der Waals surface area contributed by atoms with Gasteiger partial charge in [-0.25, -0.2) is 0 Å². The Morgan fingerprint density at radius 3 is 2.70 bits per heavy atom. The van der Waals surface area contributed by atoms with Crippen molar-refractivity contribution < 1.29 is 13.7 Å². The molecular formula is C5ClFO2S. The molecule has 0 unspecified atom stereocenters. The van der Waals surface area contributed by atoms with E-state index in [-0.39, 0.29) is 5.05 Å². The fourth-order valence-corrected chi connectivity index (χ4v) is 0.341. The molecule has 0 amide bonds. The summed E-state index contributed by atoms with van der Waals surface area (Å²) < 4.78 is 14.6. The standard InChI is InChI=1S/C5ClFO2S/c6-9-8-5(10)3-1-2-4-7. The fourth-order valence-electron chi connectivity index (χ4n) is 0.155.